The first-order chi connectivity index (χ1) is 22.2. The molecule has 0 N–H and O–H groups in total. The van der Waals surface area contributed by atoms with Gasteiger partial charge < -0.3 is 4.85 Å². The van der Waals surface area contributed by atoms with Crippen LogP contribution in [0, 0.1) is 94.9 Å². The Morgan fingerprint density at radius 2 is 1.20 bits per heavy atom. The lowest BCUT2D eigenvalue weighted by Gasteiger charge is -2.15. The van der Waals surface area contributed by atoms with E-state index >= 15 is 17.6 Å². The Labute approximate surface area is 256 Å². The lowest BCUT2D eigenvalue weighted by atomic mass is 9.90. The Bertz CT molecular complexity index is 2290. The molecular formula is C32H4F4N10. The summed E-state index contributed by atoms with van der Waals surface area (Å²) in [6.07, 6.45) is 1.20. The van der Waals surface area contributed by atoms with Crippen LogP contribution in [-0.2, 0) is 0 Å². The minimum Gasteiger partial charge on any atom is -0.361 e. The minimum atomic E-state index is -1.52. The smallest absolute Gasteiger partial charge is 0.270 e. The van der Waals surface area contributed by atoms with Crippen molar-refractivity contribution in [2.75, 3.05) is 0 Å². The van der Waals surface area contributed by atoms with Crippen molar-refractivity contribution in [1.82, 2.24) is 9.97 Å². The van der Waals surface area contributed by atoms with E-state index in [4.69, 9.17) is 26.3 Å². The Kier molecular flexibility index (Phi) is 7.13. The van der Waals surface area contributed by atoms with Crippen LogP contribution in [0.4, 0.5) is 23.4 Å². The number of hydrogen-bond donors (Lipinski definition) is 0. The van der Waals surface area contributed by atoms with Crippen molar-refractivity contribution in [3.63, 3.8) is 0 Å². The summed E-state index contributed by atoms with van der Waals surface area (Å²) in [5, 5.41) is 39.2. The van der Waals surface area contributed by atoms with Gasteiger partial charge in [-0.25, -0.2) is 47.6 Å². The maximum Gasteiger partial charge on any atom is 0.270 e. The van der Waals surface area contributed by atoms with Gasteiger partial charge in [-0.05, 0) is 23.3 Å². The van der Waals surface area contributed by atoms with Gasteiger partial charge in [-0.15, -0.1) is 4.98 Å². The van der Waals surface area contributed by atoms with Gasteiger partial charge in [0.1, 0.15) is 35.3 Å². The molecular weight excluding hydrogens is 600 g/mol. The largest absolute Gasteiger partial charge is 0.361 e. The number of nitriles is 4. The van der Waals surface area contributed by atoms with Crippen LogP contribution in [0.25, 0.3) is 52.9 Å². The van der Waals surface area contributed by atoms with Crippen LogP contribution < -0.4 is 0 Å². The Morgan fingerprint density at radius 3 is 1.72 bits per heavy atom. The van der Waals surface area contributed by atoms with Crippen LogP contribution >= 0.6 is 0 Å². The molecule has 0 radical (unpaired) electrons. The molecule has 2 aliphatic carbocycles. The topological polar surface area (TPSA) is 138 Å². The summed E-state index contributed by atoms with van der Waals surface area (Å²) in [6.45, 7) is 30.1. The summed E-state index contributed by atoms with van der Waals surface area (Å²) in [7, 11) is 0. The molecule has 0 saturated heterocycles. The number of fused-ring (bicyclic) bond motifs is 2. The van der Waals surface area contributed by atoms with Gasteiger partial charge in [-0.2, -0.15) is 10.5 Å². The zero-order valence-electron chi connectivity index (χ0n) is 22.3. The van der Waals surface area contributed by atoms with Crippen molar-refractivity contribution in [3.05, 3.63) is 144 Å². The fraction of sp³-hybridized carbons (Fsp3) is 0. The number of aromatic nitrogens is 2. The van der Waals surface area contributed by atoms with Gasteiger partial charge in [0, 0.05) is 44.5 Å². The number of pyridine rings is 2. The number of allylic oxidation sites excluding steroid dienone is 7. The van der Waals surface area contributed by atoms with Crippen LogP contribution in [0.3, 0.4) is 0 Å². The van der Waals surface area contributed by atoms with Gasteiger partial charge in [0.25, 0.3) is 17.2 Å². The molecule has 10 nitrogen and oxygen atoms in total. The summed E-state index contributed by atoms with van der Waals surface area (Å²) in [5.41, 5.74) is -11.3. The van der Waals surface area contributed by atoms with E-state index in [-0.39, 0.29) is 5.69 Å². The predicted octanol–water partition coefficient (Wildman–Crippen LogP) is 7.01. The second-order valence-corrected chi connectivity index (χ2v) is 9.01. The highest BCUT2D eigenvalue weighted by Gasteiger charge is 2.44. The van der Waals surface area contributed by atoms with Crippen molar-refractivity contribution >= 4 is 39.4 Å². The van der Waals surface area contributed by atoms with Crippen LogP contribution in [0.1, 0.15) is 39.1 Å². The molecule has 2 aromatic heterocycles. The normalized spacial score (nSPS) is 14.7. The van der Waals surface area contributed by atoms with Gasteiger partial charge in [0.05, 0.1) is 43.6 Å². The molecule has 0 fully saturated rings. The zero-order valence-corrected chi connectivity index (χ0v) is 22.3. The number of halogens is 4. The molecule has 0 atom stereocenters. The van der Waals surface area contributed by atoms with Gasteiger partial charge >= 0.3 is 0 Å². The van der Waals surface area contributed by atoms with E-state index in [1.165, 1.54) is 12.1 Å². The predicted molar refractivity (Wildman–Crippen MR) is 150 cm³/mol. The molecule has 0 spiro atoms. The first kappa shape index (κ1) is 29.6. The van der Waals surface area contributed by atoms with Crippen LogP contribution in [-0.4, -0.2) is 9.97 Å². The van der Waals surface area contributed by atoms with Crippen molar-refractivity contribution in [2.24, 2.45) is 0 Å². The van der Waals surface area contributed by atoms with Gasteiger partial charge in [-0.1, -0.05) is 6.57 Å². The first-order valence-electron chi connectivity index (χ1n) is 12.1. The Hall–Kier alpha value is -7.88. The van der Waals surface area contributed by atoms with Crippen LogP contribution in [0.5, 0.6) is 0 Å². The minimum absolute atomic E-state index is 0.386. The van der Waals surface area contributed by atoms with Gasteiger partial charge in [0.15, 0.2) is 12.0 Å². The molecule has 3 aromatic rings. The quantitative estimate of drug-likeness (QED) is 0.175. The van der Waals surface area contributed by atoms with E-state index < -0.39 is 107 Å². The fourth-order valence-corrected chi connectivity index (χ4v) is 5.23. The highest BCUT2D eigenvalue weighted by molar-refractivity contribution is 6.29. The summed E-state index contributed by atoms with van der Waals surface area (Å²) in [5.74, 6) is -5.79. The highest BCUT2D eigenvalue weighted by atomic mass is 19.1. The highest BCUT2D eigenvalue weighted by Crippen LogP contribution is 2.58. The third-order valence-electron chi connectivity index (χ3n) is 6.95. The van der Waals surface area contributed by atoms with Crippen molar-refractivity contribution < 1.29 is 17.6 Å². The molecule has 46 heavy (non-hydrogen) atoms. The van der Waals surface area contributed by atoms with Gasteiger partial charge in [0.2, 0.25) is 5.70 Å². The van der Waals surface area contributed by atoms with Crippen molar-refractivity contribution in [3.8, 4) is 24.3 Å². The first-order valence-corrected chi connectivity index (χ1v) is 12.1. The number of rotatable bonds is 2. The van der Waals surface area contributed by atoms with E-state index in [9.17, 15) is 21.0 Å². The molecule has 2 aliphatic rings. The molecule has 2 heterocycles. The molecule has 14 heteroatoms. The van der Waals surface area contributed by atoms with Crippen molar-refractivity contribution in [2.45, 2.75) is 0 Å². The molecule has 1 aromatic carbocycles. The van der Waals surface area contributed by atoms with Crippen LogP contribution in [0.2, 0.25) is 0 Å². The average molecular weight is 604 g/mol. The molecule has 0 saturated carbocycles. The van der Waals surface area contributed by atoms with Crippen molar-refractivity contribution in [1.29, 1.82) is 21.0 Å². The standard InChI is InChI=1S/C32H4F4N10/c1-41-19(9-39)25-22(14-5-13(7-37)45-11-17(14)33)16(8-38)23-27(25)31(36)29-28(30(23)35)26(20(10-40)42-2)24(32(29)44-4)15-6-21(43-3)46-12-18(15)34/h5-6,11-12H/b25-19-,26-20+. The number of nitrogens with zero attached hydrogens (tertiary/aromatic N) is 10. The Morgan fingerprint density at radius 1 is 0.652 bits per heavy atom. The molecule has 0 bridgehead atoms. The van der Waals surface area contributed by atoms with E-state index in [0.717, 1.165) is 12.1 Å². The SMILES string of the molecule is [C-]#[N+]C1=C(c2cc([N+]#[C-])ncc2F)/C(=C(/C#N)[N+]#[C-])c2c(F)c3c(c(F)c21)/C(=C(/C#N)[N+]#[C-])C(c1cc(C#N)ncc1F)=C3C#N. The monoisotopic (exact) mass is 604 g/mol. The molecule has 0 aliphatic heterocycles. The number of hydrogen-bond acceptors (Lipinski definition) is 6. The van der Waals surface area contributed by atoms with Gasteiger partial charge in [-0.3, -0.25) is 0 Å². The van der Waals surface area contributed by atoms with E-state index in [0.29, 0.717) is 12.4 Å². The number of benzene rings is 1. The zero-order chi connectivity index (χ0) is 33.4. The van der Waals surface area contributed by atoms with E-state index in [2.05, 4.69) is 29.3 Å². The summed E-state index contributed by atoms with van der Waals surface area (Å²) >= 11 is 0. The van der Waals surface area contributed by atoms with Crippen LogP contribution in [0.15, 0.2) is 35.9 Å². The maximum absolute atomic E-state index is 17.0. The second-order valence-electron chi connectivity index (χ2n) is 9.01. The van der Waals surface area contributed by atoms with E-state index in [1.807, 2.05) is 0 Å². The summed E-state index contributed by atoms with van der Waals surface area (Å²) < 4.78 is 64.4. The summed E-state index contributed by atoms with van der Waals surface area (Å²) in [6, 6.07) is 8.00. The molecule has 0 unspecified atom stereocenters. The third-order valence-corrected chi connectivity index (χ3v) is 6.95. The molecule has 210 valence electrons. The molecule has 5 rings (SSSR count). The fourth-order valence-electron chi connectivity index (χ4n) is 5.23. The lowest BCUT2D eigenvalue weighted by molar-refractivity contribution is 0.590. The van der Waals surface area contributed by atoms with E-state index in [1.54, 1.807) is 12.1 Å². The molecule has 0 amide bonds. The lowest BCUT2D eigenvalue weighted by Crippen LogP contribution is -2.05. The average Bonchev–Trinajstić information content (AvgIpc) is 3.59. The maximum atomic E-state index is 17.0. The second kappa shape index (κ2) is 11.1. The third kappa shape index (κ3) is 3.96. The summed E-state index contributed by atoms with van der Waals surface area (Å²) in [4.78, 5) is 19.6. The Balaban J connectivity index is 2.07.